The molecular weight excluding hydrogens is 398 g/mol. The number of carbonyl (C=O) groups excluding carboxylic acids is 1. The number of hydrogen-bond acceptors (Lipinski definition) is 7. The monoisotopic (exact) mass is 419 g/mol. The third kappa shape index (κ3) is 4.25. The average molecular weight is 419 g/mol. The molecule has 0 bridgehead atoms. The molecule has 4 aromatic rings. The number of aromatic amines is 1. The van der Waals surface area contributed by atoms with Crippen molar-refractivity contribution in [3.05, 3.63) is 59.0 Å². The normalized spacial score (nSPS) is 11.5. The van der Waals surface area contributed by atoms with Gasteiger partial charge in [0.15, 0.2) is 22.7 Å². The highest BCUT2D eigenvalue weighted by atomic mass is 16.6. The van der Waals surface area contributed by atoms with E-state index in [1.54, 1.807) is 39.0 Å². The number of nitrogens with zero attached hydrogens (tertiary/aromatic N) is 2. The Balaban J connectivity index is 1.74. The molecule has 9 nitrogen and oxygen atoms in total. The van der Waals surface area contributed by atoms with Crippen LogP contribution in [0.15, 0.2) is 53.5 Å². The standard InChI is InChI=1S/C22H21N5O4/c1-22(2,3)31-21(29)25-14-8-9-15(13-7-5-4-6-12(13)14)30-16-10-11-24-19-17(16)26-18(23)20(28)27-19/h4-11H,1-3H3,(H2,23,26)(H,25,29)(H,24,27,28). The second-order valence-corrected chi connectivity index (χ2v) is 7.84. The van der Waals surface area contributed by atoms with Crippen molar-refractivity contribution in [2.75, 3.05) is 11.1 Å². The molecule has 0 aliphatic carbocycles. The molecule has 0 spiro atoms. The molecule has 0 fully saturated rings. The van der Waals surface area contributed by atoms with Crippen LogP contribution in [0.2, 0.25) is 0 Å². The number of nitrogens with one attached hydrogen (secondary N) is 2. The van der Waals surface area contributed by atoms with E-state index in [0.29, 0.717) is 22.7 Å². The van der Waals surface area contributed by atoms with Gasteiger partial charge in [0.2, 0.25) is 0 Å². The summed E-state index contributed by atoms with van der Waals surface area (Å²) in [7, 11) is 0. The predicted octanol–water partition coefficient (Wildman–Crippen LogP) is 4.19. The van der Waals surface area contributed by atoms with Gasteiger partial charge in [0, 0.05) is 23.0 Å². The minimum absolute atomic E-state index is 0.174. The van der Waals surface area contributed by atoms with Crippen LogP contribution in [0.1, 0.15) is 20.8 Å². The van der Waals surface area contributed by atoms with Crippen LogP contribution in [-0.4, -0.2) is 26.6 Å². The minimum Gasteiger partial charge on any atom is -0.454 e. The van der Waals surface area contributed by atoms with Gasteiger partial charge in [0.25, 0.3) is 5.56 Å². The summed E-state index contributed by atoms with van der Waals surface area (Å²) in [5.74, 6) is 0.738. The topological polar surface area (TPSA) is 132 Å². The SMILES string of the molecule is CC(C)(C)OC(=O)Nc1ccc(Oc2ccnc3[nH]c(=O)c(N)nc23)c2ccccc12. The first-order chi connectivity index (χ1) is 14.7. The van der Waals surface area contributed by atoms with Crippen LogP contribution in [0.5, 0.6) is 11.5 Å². The molecule has 9 heteroatoms. The van der Waals surface area contributed by atoms with Crippen LogP contribution in [-0.2, 0) is 4.74 Å². The van der Waals surface area contributed by atoms with Crippen molar-refractivity contribution in [1.82, 2.24) is 15.0 Å². The molecule has 0 saturated carbocycles. The summed E-state index contributed by atoms with van der Waals surface area (Å²) in [6, 6.07) is 12.6. The summed E-state index contributed by atoms with van der Waals surface area (Å²) in [4.78, 5) is 34.8. The van der Waals surface area contributed by atoms with Crippen LogP contribution in [0.3, 0.4) is 0 Å². The molecule has 0 radical (unpaired) electrons. The molecule has 158 valence electrons. The fourth-order valence-electron chi connectivity index (χ4n) is 3.06. The molecule has 1 amide bonds. The zero-order valence-corrected chi connectivity index (χ0v) is 17.2. The Hall–Kier alpha value is -4.14. The van der Waals surface area contributed by atoms with Crippen molar-refractivity contribution >= 4 is 39.5 Å². The van der Waals surface area contributed by atoms with Gasteiger partial charge in [-0.15, -0.1) is 0 Å². The highest BCUT2D eigenvalue weighted by Crippen LogP contribution is 2.36. The van der Waals surface area contributed by atoms with Crippen molar-refractivity contribution < 1.29 is 14.3 Å². The molecule has 4 rings (SSSR count). The number of fused-ring (bicyclic) bond motifs is 2. The summed E-state index contributed by atoms with van der Waals surface area (Å²) < 4.78 is 11.5. The lowest BCUT2D eigenvalue weighted by atomic mass is 10.1. The summed E-state index contributed by atoms with van der Waals surface area (Å²) >= 11 is 0. The Bertz CT molecular complexity index is 1360. The van der Waals surface area contributed by atoms with E-state index in [2.05, 4.69) is 20.3 Å². The Morgan fingerprint density at radius 3 is 2.55 bits per heavy atom. The van der Waals surface area contributed by atoms with E-state index in [-0.39, 0.29) is 11.5 Å². The lowest BCUT2D eigenvalue weighted by Crippen LogP contribution is -2.27. The summed E-state index contributed by atoms with van der Waals surface area (Å²) in [6.45, 7) is 5.40. The maximum Gasteiger partial charge on any atom is 0.412 e. The smallest absolute Gasteiger partial charge is 0.412 e. The van der Waals surface area contributed by atoms with Crippen LogP contribution < -0.4 is 21.3 Å². The number of hydrogen-bond donors (Lipinski definition) is 3. The third-order valence-corrected chi connectivity index (χ3v) is 4.32. The van der Waals surface area contributed by atoms with E-state index in [4.69, 9.17) is 15.2 Å². The molecular formula is C22H21N5O4. The van der Waals surface area contributed by atoms with Gasteiger partial charge in [-0.1, -0.05) is 24.3 Å². The summed E-state index contributed by atoms with van der Waals surface area (Å²) in [6.07, 6.45) is 0.960. The molecule has 0 aliphatic rings. The van der Waals surface area contributed by atoms with E-state index in [1.807, 2.05) is 24.3 Å². The maximum atomic E-state index is 12.2. The molecule has 2 aromatic carbocycles. The van der Waals surface area contributed by atoms with Gasteiger partial charge < -0.3 is 20.2 Å². The lowest BCUT2D eigenvalue weighted by Gasteiger charge is -2.20. The number of benzene rings is 2. The van der Waals surface area contributed by atoms with E-state index in [1.165, 1.54) is 6.20 Å². The lowest BCUT2D eigenvalue weighted by molar-refractivity contribution is 0.0636. The molecule has 0 atom stereocenters. The second kappa shape index (κ2) is 7.60. The van der Waals surface area contributed by atoms with Gasteiger partial charge in [-0.05, 0) is 32.9 Å². The van der Waals surface area contributed by atoms with Gasteiger partial charge in [0.05, 0.1) is 5.69 Å². The van der Waals surface area contributed by atoms with Gasteiger partial charge in [-0.3, -0.25) is 10.1 Å². The van der Waals surface area contributed by atoms with Crippen molar-refractivity contribution in [2.45, 2.75) is 26.4 Å². The molecule has 0 saturated heterocycles. The number of H-pyrrole nitrogens is 1. The predicted molar refractivity (Wildman–Crippen MR) is 118 cm³/mol. The first-order valence-corrected chi connectivity index (χ1v) is 9.55. The number of pyridine rings is 1. The molecule has 2 heterocycles. The third-order valence-electron chi connectivity index (χ3n) is 4.32. The number of nitrogen functional groups attached to an aromatic ring is 1. The van der Waals surface area contributed by atoms with Gasteiger partial charge in [-0.25, -0.2) is 14.8 Å². The van der Waals surface area contributed by atoms with Crippen molar-refractivity contribution in [2.24, 2.45) is 0 Å². The Labute approximate surface area is 177 Å². The number of aromatic nitrogens is 3. The number of carbonyl (C=O) groups is 1. The van der Waals surface area contributed by atoms with Crippen LogP contribution in [0, 0.1) is 0 Å². The van der Waals surface area contributed by atoms with Crippen LogP contribution >= 0.6 is 0 Å². The Morgan fingerprint density at radius 2 is 1.81 bits per heavy atom. The molecule has 2 aromatic heterocycles. The largest absolute Gasteiger partial charge is 0.454 e. The van der Waals surface area contributed by atoms with Crippen LogP contribution in [0.25, 0.3) is 21.9 Å². The van der Waals surface area contributed by atoms with E-state index >= 15 is 0 Å². The highest BCUT2D eigenvalue weighted by molar-refractivity contribution is 6.03. The number of ether oxygens (including phenoxy) is 2. The molecule has 0 unspecified atom stereocenters. The average Bonchev–Trinajstić information content (AvgIpc) is 2.70. The van der Waals surface area contributed by atoms with E-state index in [0.717, 1.165) is 10.8 Å². The number of amides is 1. The fourth-order valence-corrected chi connectivity index (χ4v) is 3.06. The zero-order valence-electron chi connectivity index (χ0n) is 17.2. The van der Waals surface area contributed by atoms with Crippen molar-refractivity contribution in [1.29, 1.82) is 0 Å². The Morgan fingerprint density at radius 1 is 1.06 bits per heavy atom. The zero-order chi connectivity index (χ0) is 22.2. The van der Waals surface area contributed by atoms with Gasteiger partial charge >= 0.3 is 6.09 Å². The first kappa shape index (κ1) is 20.1. The van der Waals surface area contributed by atoms with E-state index in [9.17, 15) is 9.59 Å². The van der Waals surface area contributed by atoms with Crippen molar-refractivity contribution in [3.8, 4) is 11.5 Å². The van der Waals surface area contributed by atoms with Gasteiger partial charge in [0.1, 0.15) is 11.4 Å². The number of anilines is 2. The maximum absolute atomic E-state index is 12.2. The quantitative estimate of drug-likeness (QED) is 0.453. The van der Waals surface area contributed by atoms with E-state index < -0.39 is 17.3 Å². The fraction of sp³-hybridized carbons (Fsp3) is 0.182. The molecule has 4 N–H and O–H groups in total. The summed E-state index contributed by atoms with van der Waals surface area (Å²) in [5.41, 5.74) is 5.72. The van der Waals surface area contributed by atoms with Gasteiger partial charge in [-0.2, -0.15) is 0 Å². The number of rotatable bonds is 3. The number of nitrogens with two attached hydrogens (primary N) is 1. The molecule has 31 heavy (non-hydrogen) atoms. The first-order valence-electron chi connectivity index (χ1n) is 9.55. The Kier molecular flexibility index (Phi) is 4.94. The van der Waals surface area contributed by atoms with Crippen molar-refractivity contribution in [3.63, 3.8) is 0 Å². The molecule has 0 aliphatic heterocycles. The minimum atomic E-state index is -0.610. The summed E-state index contributed by atoms with van der Waals surface area (Å²) in [5, 5.41) is 4.31. The van der Waals surface area contributed by atoms with Crippen LogP contribution in [0.4, 0.5) is 16.3 Å². The highest BCUT2D eigenvalue weighted by Gasteiger charge is 2.18. The second-order valence-electron chi connectivity index (χ2n) is 7.84.